The van der Waals surface area contributed by atoms with E-state index in [9.17, 15) is 23.1 Å². The molecule has 1 N–H and O–H groups in total. The third kappa shape index (κ3) is 3.10. The molecule has 3 rings (SSSR count). The van der Waals surface area contributed by atoms with Gasteiger partial charge in [-0.2, -0.15) is 13.2 Å². The van der Waals surface area contributed by atoms with Crippen LogP contribution < -0.4 is 0 Å². The number of nitrogens with zero attached hydrogens (tertiary/aromatic N) is 1. The molecule has 8 heteroatoms. The Balaban J connectivity index is 1.88. The quantitative estimate of drug-likeness (QED) is 0.848. The smallest absolute Gasteiger partial charge is 0.416 e. The van der Waals surface area contributed by atoms with E-state index in [0.717, 1.165) is 9.37 Å². The third-order valence-electron chi connectivity index (χ3n) is 3.95. The van der Waals surface area contributed by atoms with E-state index >= 15 is 0 Å². The molecule has 1 aromatic carbocycles. The number of alkyl halides is 3. The summed E-state index contributed by atoms with van der Waals surface area (Å²) < 4.78 is 44.4. The molecule has 23 heavy (non-hydrogen) atoms. The van der Waals surface area contributed by atoms with Gasteiger partial charge in [-0.3, -0.25) is 4.79 Å². The lowest BCUT2D eigenvalue weighted by Gasteiger charge is -2.29. The minimum absolute atomic E-state index is 0.0284. The average molecular weight is 392 g/mol. The fraction of sp³-hybridized carbons (Fsp3) is 0.400. The van der Waals surface area contributed by atoms with Crippen LogP contribution in [-0.2, 0) is 0 Å². The summed E-state index contributed by atoms with van der Waals surface area (Å²) in [6.07, 6.45) is -6.78. The molecule has 0 spiro atoms. The molecule has 1 fully saturated rings. The highest BCUT2D eigenvalue weighted by molar-refractivity contribution is 9.10. The molecule has 2 heterocycles. The number of amides is 1. The van der Waals surface area contributed by atoms with Crippen molar-refractivity contribution in [2.24, 2.45) is 0 Å². The molecule has 0 saturated carbocycles. The van der Waals surface area contributed by atoms with E-state index in [4.69, 9.17) is 4.42 Å². The number of carbonyl (C=O) groups excluding carboxylic acids is 1. The van der Waals surface area contributed by atoms with E-state index in [1.807, 2.05) is 0 Å². The fourth-order valence-corrected chi connectivity index (χ4v) is 3.23. The first kappa shape index (κ1) is 16.3. The van der Waals surface area contributed by atoms with Crippen LogP contribution >= 0.6 is 15.9 Å². The van der Waals surface area contributed by atoms with Gasteiger partial charge < -0.3 is 14.4 Å². The minimum Gasteiger partial charge on any atom is -0.451 e. The SMILES string of the molecule is O=C(c1cc2cc(Br)ccc2o1)N1CCC[C@H]1[C@@H](O)C(F)(F)F. The van der Waals surface area contributed by atoms with E-state index in [0.29, 0.717) is 17.4 Å². The molecule has 0 radical (unpaired) electrons. The minimum atomic E-state index is -4.76. The van der Waals surface area contributed by atoms with Crippen LogP contribution in [0, 0.1) is 0 Å². The van der Waals surface area contributed by atoms with E-state index in [2.05, 4.69) is 15.9 Å². The lowest BCUT2D eigenvalue weighted by atomic mass is 10.1. The zero-order chi connectivity index (χ0) is 16.8. The summed E-state index contributed by atoms with van der Waals surface area (Å²) in [6, 6.07) is 5.38. The number of likely N-dealkylation sites (tertiary alicyclic amines) is 1. The number of benzene rings is 1. The number of carbonyl (C=O) groups is 1. The van der Waals surface area contributed by atoms with Crippen LogP contribution in [0.3, 0.4) is 0 Å². The van der Waals surface area contributed by atoms with Crippen molar-refractivity contribution in [3.63, 3.8) is 0 Å². The van der Waals surface area contributed by atoms with Gasteiger partial charge in [0.2, 0.25) is 0 Å². The summed E-state index contributed by atoms with van der Waals surface area (Å²) in [5, 5.41) is 10.1. The molecule has 1 aromatic heterocycles. The summed E-state index contributed by atoms with van der Waals surface area (Å²) in [6.45, 7) is 0.164. The van der Waals surface area contributed by atoms with Crippen molar-refractivity contribution in [2.75, 3.05) is 6.54 Å². The topological polar surface area (TPSA) is 53.7 Å². The summed E-state index contributed by atoms with van der Waals surface area (Å²) in [7, 11) is 0. The standard InChI is InChI=1S/C15H13BrF3NO3/c16-9-3-4-11-8(6-9)7-12(23-11)14(22)20-5-1-2-10(20)13(21)15(17,18)19/h3-4,6-7,10,13,21H,1-2,5H2/t10-,13+/m0/s1. The summed E-state index contributed by atoms with van der Waals surface area (Å²) in [5.41, 5.74) is 0.476. The van der Waals surface area contributed by atoms with Crippen molar-refractivity contribution < 1.29 is 27.5 Å². The zero-order valence-electron chi connectivity index (χ0n) is 11.8. The van der Waals surface area contributed by atoms with Gasteiger partial charge in [-0.25, -0.2) is 0 Å². The number of hydrogen-bond donors (Lipinski definition) is 1. The van der Waals surface area contributed by atoms with Crippen LogP contribution in [0.25, 0.3) is 11.0 Å². The lowest BCUT2D eigenvalue weighted by Crippen LogP contribution is -2.49. The summed E-state index contributed by atoms with van der Waals surface area (Å²) in [5.74, 6) is -0.664. The Hall–Kier alpha value is -1.54. The highest BCUT2D eigenvalue weighted by Crippen LogP contribution is 2.32. The number of aliphatic hydroxyl groups is 1. The number of furan rings is 1. The molecule has 0 unspecified atom stereocenters. The summed E-state index contributed by atoms with van der Waals surface area (Å²) in [4.78, 5) is 13.5. The van der Waals surface area contributed by atoms with E-state index in [-0.39, 0.29) is 18.7 Å². The monoisotopic (exact) mass is 391 g/mol. The lowest BCUT2D eigenvalue weighted by molar-refractivity contribution is -0.216. The molecule has 1 amide bonds. The second-order valence-corrected chi connectivity index (χ2v) is 6.40. The van der Waals surface area contributed by atoms with Crippen molar-refractivity contribution in [1.82, 2.24) is 4.90 Å². The second kappa shape index (κ2) is 5.83. The van der Waals surface area contributed by atoms with Crippen molar-refractivity contribution in [3.05, 3.63) is 34.5 Å². The van der Waals surface area contributed by atoms with Crippen molar-refractivity contribution in [2.45, 2.75) is 31.2 Å². The first-order valence-corrected chi connectivity index (χ1v) is 7.81. The molecular formula is C15H13BrF3NO3. The van der Waals surface area contributed by atoms with Crippen LogP contribution in [0.1, 0.15) is 23.4 Å². The molecule has 2 atom stereocenters. The van der Waals surface area contributed by atoms with Crippen LogP contribution in [0.4, 0.5) is 13.2 Å². The molecule has 0 aliphatic carbocycles. The molecule has 1 saturated heterocycles. The molecule has 1 aliphatic heterocycles. The summed E-state index contributed by atoms with van der Waals surface area (Å²) >= 11 is 3.30. The average Bonchev–Trinajstić information content (AvgIpc) is 3.10. The first-order valence-electron chi connectivity index (χ1n) is 7.02. The molecule has 124 valence electrons. The van der Waals surface area contributed by atoms with E-state index < -0.39 is 24.2 Å². The number of aliphatic hydroxyl groups excluding tert-OH is 1. The normalized spacial score (nSPS) is 20.2. The van der Waals surface area contributed by atoms with Crippen molar-refractivity contribution >= 4 is 32.8 Å². The number of rotatable bonds is 2. The van der Waals surface area contributed by atoms with Gasteiger partial charge >= 0.3 is 6.18 Å². The van der Waals surface area contributed by atoms with Crippen molar-refractivity contribution in [3.8, 4) is 0 Å². The van der Waals surface area contributed by atoms with Gasteiger partial charge in [-0.1, -0.05) is 15.9 Å². The Morgan fingerprint density at radius 1 is 1.39 bits per heavy atom. The number of fused-ring (bicyclic) bond motifs is 1. The Bertz CT molecular complexity index is 743. The Labute approximate surface area is 138 Å². The Morgan fingerprint density at radius 3 is 2.83 bits per heavy atom. The molecule has 1 aliphatic rings. The predicted molar refractivity (Wildman–Crippen MR) is 80.0 cm³/mol. The maximum absolute atomic E-state index is 12.7. The van der Waals surface area contributed by atoms with E-state index in [1.54, 1.807) is 18.2 Å². The number of hydrogen-bond acceptors (Lipinski definition) is 3. The maximum Gasteiger partial charge on any atom is 0.416 e. The largest absolute Gasteiger partial charge is 0.451 e. The molecule has 0 bridgehead atoms. The Kier molecular flexibility index (Phi) is 4.14. The van der Waals surface area contributed by atoms with Gasteiger partial charge in [-0.15, -0.1) is 0 Å². The van der Waals surface area contributed by atoms with Gasteiger partial charge in [0.1, 0.15) is 5.58 Å². The third-order valence-corrected chi connectivity index (χ3v) is 4.44. The zero-order valence-corrected chi connectivity index (χ0v) is 13.4. The highest BCUT2D eigenvalue weighted by atomic mass is 79.9. The van der Waals surface area contributed by atoms with Crippen LogP contribution in [0.5, 0.6) is 0 Å². The first-order chi connectivity index (χ1) is 10.8. The van der Waals surface area contributed by atoms with E-state index in [1.165, 1.54) is 6.07 Å². The highest BCUT2D eigenvalue weighted by Gasteiger charge is 2.48. The van der Waals surface area contributed by atoms with Gasteiger partial charge in [0.25, 0.3) is 5.91 Å². The van der Waals surface area contributed by atoms with Gasteiger partial charge in [0.15, 0.2) is 11.9 Å². The van der Waals surface area contributed by atoms with Gasteiger partial charge in [0.05, 0.1) is 6.04 Å². The van der Waals surface area contributed by atoms with Crippen LogP contribution in [-0.4, -0.2) is 40.8 Å². The maximum atomic E-state index is 12.7. The Morgan fingerprint density at radius 2 is 2.13 bits per heavy atom. The number of halogens is 4. The fourth-order valence-electron chi connectivity index (χ4n) is 2.85. The van der Waals surface area contributed by atoms with Gasteiger partial charge in [-0.05, 0) is 37.1 Å². The predicted octanol–water partition coefficient (Wildman–Crippen LogP) is 3.72. The molecule has 4 nitrogen and oxygen atoms in total. The van der Waals surface area contributed by atoms with Crippen LogP contribution in [0.15, 0.2) is 33.2 Å². The second-order valence-electron chi connectivity index (χ2n) is 5.49. The van der Waals surface area contributed by atoms with Crippen molar-refractivity contribution in [1.29, 1.82) is 0 Å². The van der Waals surface area contributed by atoms with Gasteiger partial charge in [0, 0.05) is 16.4 Å². The molecule has 2 aromatic rings. The molecular weight excluding hydrogens is 379 g/mol. The van der Waals surface area contributed by atoms with Crippen LogP contribution in [0.2, 0.25) is 0 Å².